The van der Waals surface area contributed by atoms with Crippen LogP contribution in [0.25, 0.3) is 0 Å². The molecule has 0 aromatic carbocycles. The number of piperidine rings is 1. The van der Waals surface area contributed by atoms with Gasteiger partial charge in [-0.05, 0) is 34.7 Å². The maximum Gasteiger partial charge on any atom is 0.227 e. The summed E-state index contributed by atoms with van der Waals surface area (Å²) in [6.07, 6.45) is 2.97. The summed E-state index contributed by atoms with van der Waals surface area (Å²) in [4.78, 5) is 16.8. The Morgan fingerprint density at radius 1 is 1.47 bits per heavy atom. The topological polar surface area (TPSA) is 23.6 Å². The highest BCUT2D eigenvalue weighted by Crippen LogP contribution is 2.32. The zero-order valence-electron chi connectivity index (χ0n) is 11.1. The van der Waals surface area contributed by atoms with E-state index in [1.165, 1.54) is 5.56 Å². The van der Waals surface area contributed by atoms with Crippen molar-refractivity contribution in [1.29, 1.82) is 0 Å². The van der Waals surface area contributed by atoms with Crippen molar-refractivity contribution in [1.82, 2.24) is 9.80 Å². The molecule has 19 heavy (non-hydrogen) atoms. The summed E-state index contributed by atoms with van der Waals surface area (Å²) in [5.74, 6) is 1.11. The van der Waals surface area contributed by atoms with E-state index in [-0.39, 0.29) is 5.92 Å². The number of thiophene rings is 1. The summed E-state index contributed by atoms with van der Waals surface area (Å²) in [6.45, 7) is 8.33. The van der Waals surface area contributed by atoms with Crippen LogP contribution in [0.3, 0.4) is 0 Å². The summed E-state index contributed by atoms with van der Waals surface area (Å²) in [5, 5.41) is 4.32. The molecule has 102 valence electrons. The fourth-order valence-corrected chi connectivity index (χ4v) is 3.97. The van der Waals surface area contributed by atoms with E-state index < -0.39 is 0 Å². The highest BCUT2D eigenvalue weighted by atomic mass is 32.1. The normalized spacial score (nSPS) is 27.6. The maximum atomic E-state index is 12.4. The fraction of sp³-hybridized carbons (Fsp3) is 0.533. The fourth-order valence-electron chi connectivity index (χ4n) is 3.31. The summed E-state index contributed by atoms with van der Waals surface area (Å²) in [7, 11) is 0. The highest BCUT2D eigenvalue weighted by Gasteiger charge is 2.42. The van der Waals surface area contributed by atoms with Crippen LogP contribution in [0.2, 0.25) is 0 Å². The monoisotopic (exact) mass is 276 g/mol. The molecular weight excluding hydrogens is 256 g/mol. The van der Waals surface area contributed by atoms with Crippen molar-refractivity contribution >= 4 is 17.2 Å². The lowest BCUT2D eigenvalue weighted by atomic mass is 9.88. The van der Waals surface area contributed by atoms with Gasteiger partial charge in [0.05, 0.1) is 5.92 Å². The standard InChI is InChI=1S/C15H20N2OS/c1-2-5-17-6-3-13-9-16(10-14(13)15(17)18)8-12-4-7-19-11-12/h2,4,7,11,13-14H,1,3,5-6,8-10H2/t13-,14-/m0/s1. The lowest BCUT2D eigenvalue weighted by molar-refractivity contribution is -0.138. The van der Waals surface area contributed by atoms with Gasteiger partial charge in [0.1, 0.15) is 0 Å². The third-order valence-electron chi connectivity index (χ3n) is 4.25. The minimum Gasteiger partial charge on any atom is -0.339 e. The molecule has 0 aliphatic carbocycles. The molecule has 1 amide bonds. The second-order valence-electron chi connectivity index (χ2n) is 5.55. The zero-order chi connectivity index (χ0) is 13.2. The molecule has 1 aromatic heterocycles. The molecule has 3 nitrogen and oxygen atoms in total. The van der Waals surface area contributed by atoms with Gasteiger partial charge in [-0.3, -0.25) is 9.69 Å². The number of fused-ring (bicyclic) bond motifs is 1. The number of carbonyl (C=O) groups is 1. The van der Waals surface area contributed by atoms with Gasteiger partial charge in [0.2, 0.25) is 5.91 Å². The van der Waals surface area contributed by atoms with Crippen LogP contribution < -0.4 is 0 Å². The van der Waals surface area contributed by atoms with Gasteiger partial charge < -0.3 is 4.90 Å². The summed E-state index contributed by atoms with van der Waals surface area (Å²) < 4.78 is 0. The molecular formula is C15H20N2OS. The molecule has 1 aromatic rings. The van der Waals surface area contributed by atoms with Crippen LogP contribution in [0.15, 0.2) is 29.5 Å². The van der Waals surface area contributed by atoms with Gasteiger partial charge in [0.25, 0.3) is 0 Å². The minimum atomic E-state index is 0.215. The van der Waals surface area contributed by atoms with E-state index in [9.17, 15) is 4.79 Å². The largest absolute Gasteiger partial charge is 0.339 e. The Labute approximate surface area is 118 Å². The molecule has 3 heterocycles. The number of likely N-dealkylation sites (tertiary alicyclic amines) is 2. The first-order valence-electron chi connectivity index (χ1n) is 6.91. The number of hydrogen-bond donors (Lipinski definition) is 0. The number of nitrogens with zero attached hydrogens (tertiary/aromatic N) is 2. The summed E-state index contributed by atoms with van der Waals surface area (Å²) in [5.41, 5.74) is 1.37. The van der Waals surface area contributed by atoms with Gasteiger partial charge in [-0.15, -0.1) is 6.58 Å². The Hall–Kier alpha value is -1.13. The Kier molecular flexibility index (Phi) is 3.71. The molecule has 2 fully saturated rings. The minimum absolute atomic E-state index is 0.215. The Bertz CT molecular complexity index is 457. The van der Waals surface area contributed by atoms with Gasteiger partial charge in [0, 0.05) is 32.7 Å². The van der Waals surface area contributed by atoms with Crippen molar-refractivity contribution < 1.29 is 4.79 Å². The molecule has 0 unspecified atom stereocenters. The molecule has 0 saturated carbocycles. The molecule has 4 heteroatoms. The molecule has 3 rings (SSSR count). The van der Waals surface area contributed by atoms with E-state index >= 15 is 0 Å². The Morgan fingerprint density at radius 3 is 3.11 bits per heavy atom. The van der Waals surface area contributed by atoms with Crippen LogP contribution in [-0.2, 0) is 11.3 Å². The van der Waals surface area contributed by atoms with Crippen LogP contribution in [0.5, 0.6) is 0 Å². The van der Waals surface area contributed by atoms with E-state index in [4.69, 9.17) is 0 Å². The van der Waals surface area contributed by atoms with E-state index in [2.05, 4.69) is 28.3 Å². The first-order valence-corrected chi connectivity index (χ1v) is 7.85. The van der Waals surface area contributed by atoms with E-state index in [1.54, 1.807) is 11.3 Å². The van der Waals surface area contributed by atoms with E-state index in [0.29, 0.717) is 18.4 Å². The van der Waals surface area contributed by atoms with Gasteiger partial charge >= 0.3 is 0 Å². The third kappa shape index (κ3) is 2.60. The molecule has 0 N–H and O–H groups in total. The molecule has 0 radical (unpaired) electrons. The van der Waals surface area contributed by atoms with Gasteiger partial charge in [-0.2, -0.15) is 11.3 Å². The summed E-state index contributed by atoms with van der Waals surface area (Å²) in [6, 6.07) is 2.18. The van der Waals surface area contributed by atoms with Crippen molar-refractivity contribution in [3.05, 3.63) is 35.0 Å². The predicted molar refractivity (Wildman–Crippen MR) is 78.0 cm³/mol. The van der Waals surface area contributed by atoms with Crippen molar-refractivity contribution in [3.8, 4) is 0 Å². The van der Waals surface area contributed by atoms with Gasteiger partial charge in [-0.25, -0.2) is 0 Å². The Morgan fingerprint density at radius 2 is 2.37 bits per heavy atom. The van der Waals surface area contributed by atoms with Crippen LogP contribution in [0, 0.1) is 11.8 Å². The molecule has 2 saturated heterocycles. The first-order chi connectivity index (χ1) is 9.28. The van der Waals surface area contributed by atoms with E-state index in [0.717, 1.165) is 32.6 Å². The second-order valence-corrected chi connectivity index (χ2v) is 6.33. The predicted octanol–water partition coefficient (Wildman–Crippen LogP) is 2.21. The lowest BCUT2D eigenvalue weighted by Crippen LogP contribution is -2.45. The van der Waals surface area contributed by atoms with Crippen LogP contribution in [-0.4, -0.2) is 41.9 Å². The molecule has 2 aliphatic heterocycles. The number of amides is 1. The van der Waals surface area contributed by atoms with Crippen molar-refractivity contribution in [3.63, 3.8) is 0 Å². The van der Waals surface area contributed by atoms with Crippen LogP contribution in [0.1, 0.15) is 12.0 Å². The summed E-state index contributed by atoms with van der Waals surface area (Å²) >= 11 is 1.74. The maximum absolute atomic E-state index is 12.4. The zero-order valence-corrected chi connectivity index (χ0v) is 11.9. The number of carbonyl (C=O) groups excluding carboxylic acids is 1. The quantitative estimate of drug-likeness (QED) is 0.787. The highest BCUT2D eigenvalue weighted by molar-refractivity contribution is 7.07. The number of hydrogen-bond acceptors (Lipinski definition) is 3. The van der Waals surface area contributed by atoms with Crippen molar-refractivity contribution in [2.24, 2.45) is 11.8 Å². The van der Waals surface area contributed by atoms with Crippen molar-refractivity contribution in [2.75, 3.05) is 26.2 Å². The van der Waals surface area contributed by atoms with Gasteiger partial charge in [-0.1, -0.05) is 6.08 Å². The average Bonchev–Trinajstić information content (AvgIpc) is 3.03. The molecule has 0 bridgehead atoms. The lowest BCUT2D eigenvalue weighted by Gasteiger charge is -2.33. The molecule has 0 spiro atoms. The number of rotatable bonds is 4. The van der Waals surface area contributed by atoms with Crippen LogP contribution in [0.4, 0.5) is 0 Å². The Balaban J connectivity index is 1.63. The SMILES string of the molecule is C=CCN1CC[C@H]2CN(Cc3ccsc3)C[C@@H]2C1=O. The second kappa shape index (κ2) is 5.47. The molecule has 2 aliphatic rings. The van der Waals surface area contributed by atoms with E-state index in [1.807, 2.05) is 11.0 Å². The van der Waals surface area contributed by atoms with Crippen molar-refractivity contribution in [2.45, 2.75) is 13.0 Å². The first kappa shape index (κ1) is 12.9. The molecule has 2 atom stereocenters. The van der Waals surface area contributed by atoms with Crippen LogP contribution >= 0.6 is 11.3 Å². The van der Waals surface area contributed by atoms with Gasteiger partial charge in [0.15, 0.2) is 0 Å². The third-order valence-corrected chi connectivity index (χ3v) is 4.98. The average molecular weight is 276 g/mol. The smallest absolute Gasteiger partial charge is 0.227 e.